The van der Waals surface area contributed by atoms with Gasteiger partial charge in [-0.1, -0.05) is 39.8 Å². The van der Waals surface area contributed by atoms with Gasteiger partial charge in [0.15, 0.2) is 5.75 Å². The molecule has 3 aromatic rings. The Bertz CT molecular complexity index is 1780. The second-order valence-corrected chi connectivity index (χ2v) is 13.8. The first-order valence-corrected chi connectivity index (χ1v) is 16.6. The molecule has 238 valence electrons. The zero-order valence-electron chi connectivity index (χ0n) is 26.6. The van der Waals surface area contributed by atoms with Crippen LogP contribution in [-0.4, -0.2) is 39.2 Å². The Labute approximate surface area is 264 Å². The molecule has 2 aliphatic heterocycles. The van der Waals surface area contributed by atoms with Crippen LogP contribution in [0.2, 0.25) is 0 Å². The molecule has 13 heteroatoms. The molecule has 2 aliphatic rings. The minimum absolute atomic E-state index is 0.226. The number of quaternary nitrogens is 1. The van der Waals surface area contributed by atoms with Crippen LogP contribution in [0, 0.1) is 6.92 Å². The molecule has 1 amide bonds. The summed E-state index contributed by atoms with van der Waals surface area (Å²) in [5, 5.41) is 6.95. The fourth-order valence-corrected chi connectivity index (χ4v) is 5.90. The van der Waals surface area contributed by atoms with E-state index in [0.717, 1.165) is 52.3 Å². The smallest absolute Gasteiger partial charge is 0.255 e. The Balaban J connectivity index is 1.44. The van der Waals surface area contributed by atoms with Gasteiger partial charge in [0.25, 0.3) is 5.91 Å². The van der Waals surface area contributed by atoms with Gasteiger partial charge in [-0.25, -0.2) is 24.3 Å². The minimum atomic E-state index is -3.60. The molecule has 5 rings (SSSR count). The van der Waals surface area contributed by atoms with Gasteiger partial charge in [0.05, 0.1) is 36.6 Å². The third kappa shape index (κ3) is 6.90. The lowest BCUT2D eigenvalue weighted by Crippen LogP contribution is -2.97. The van der Waals surface area contributed by atoms with E-state index in [1.807, 2.05) is 85.8 Å². The van der Waals surface area contributed by atoms with E-state index in [1.54, 1.807) is 18.3 Å². The Morgan fingerprint density at radius 3 is 2.53 bits per heavy atom. The number of aromatic nitrogens is 1. The predicted octanol–water partition coefficient (Wildman–Crippen LogP) is 3.65. The van der Waals surface area contributed by atoms with Gasteiger partial charge >= 0.3 is 0 Å². The molecule has 0 aliphatic carbocycles. The molecule has 0 saturated carbocycles. The zero-order chi connectivity index (χ0) is 32.5. The average molecular weight is 634 g/mol. The van der Waals surface area contributed by atoms with Crippen LogP contribution in [0.4, 0.5) is 22.9 Å². The lowest BCUT2D eigenvalue weighted by atomic mass is 9.86. The number of amides is 1. The Hall–Kier alpha value is -4.59. The van der Waals surface area contributed by atoms with Crippen LogP contribution in [-0.2, 0) is 15.4 Å². The molecule has 0 bridgehead atoms. The first-order valence-electron chi connectivity index (χ1n) is 14.7. The number of hydrogen-bond donors (Lipinski definition) is 5. The second kappa shape index (κ2) is 12.4. The SMILES string of the molecule is CCC1=C(C2=CN(c3cc(C(=O)Nc4cc(C(C)(C)C)cc(NS(C)(=O)=O)c4OC)ccc3C)[NH2+]N2)CNN1c1ccccn1. The van der Waals surface area contributed by atoms with E-state index in [0.29, 0.717) is 17.8 Å². The third-order valence-corrected chi connectivity index (χ3v) is 8.24. The van der Waals surface area contributed by atoms with Crippen molar-refractivity contribution in [3.8, 4) is 5.75 Å². The summed E-state index contributed by atoms with van der Waals surface area (Å²) < 4.78 is 32.3. The zero-order valence-corrected chi connectivity index (χ0v) is 27.5. The van der Waals surface area contributed by atoms with Crippen molar-refractivity contribution in [3.63, 3.8) is 0 Å². The second-order valence-electron chi connectivity index (χ2n) is 12.0. The molecular weight excluding hydrogens is 592 g/mol. The van der Waals surface area contributed by atoms with Crippen molar-refractivity contribution < 1.29 is 23.5 Å². The lowest BCUT2D eigenvalue weighted by Gasteiger charge is -2.24. The highest BCUT2D eigenvalue weighted by molar-refractivity contribution is 7.92. The van der Waals surface area contributed by atoms with E-state index >= 15 is 0 Å². The fourth-order valence-electron chi connectivity index (χ4n) is 5.35. The number of aryl methyl sites for hydroxylation is 1. The summed E-state index contributed by atoms with van der Waals surface area (Å²) in [6.07, 6.45) is 5.69. The highest BCUT2D eigenvalue weighted by atomic mass is 32.2. The van der Waals surface area contributed by atoms with Gasteiger partial charge in [-0.15, -0.1) is 5.53 Å². The number of carbonyl (C=O) groups is 1. The molecule has 0 fully saturated rings. The molecule has 6 N–H and O–H groups in total. The minimum Gasteiger partial charge on any atom is -0.492 e. The number of carbonyl (C=O) groups excluding carboxylic acids is 1. The number of nitrogens with two attached hydrogens (primary N) is 1. The van der Waals surface area contributed by atoms with Crippen molar-refractivity contribution in [2.45, 2.75) is 46.5 Å². The summed E-state index contributed by atoms with van der Waals surface area (Å²) in [6, 6.07) is 14.9. The number of sulfonamides is 1. The molecule has 1 aromatic heterocycles. The molecule has 0 saturated heterocycles. The topological polar surface area (TPSA) is 145 Å². The van der Waals surface area contributed by atoms with Crippen LogP contribution in [0.5, 0.6) is 5.75 Å². The molecule has 12 nitrogen and oxygen atoms in total. The van der Waals surface area contributed by atoms with Gasteiger partial charge in [-0.3, -0.25) is 14.5 Å². The van der Waals surface area contributed by atoms with Gasteiger partial charge < -0.3 is 10.1 Å². The van der Waals surface area contributed by atoms with Gasteiger partial charge in [-0.2, -0.15) is 5.01 Å². The molecule has 45 heavy (non-hydrogen) atoms. The maximum Gasteiger partial charge on any atom is 0.255 e. The van der Waals surface area contributed by atoms with E-state index in [1.165, 1.54) is 7.11 Å². The number of ether oxygens (including phenoxy) is 1. The van der Waals surface area contributed by atoms with Gasteiger partial charge in [0, 0.05) is 29.6 Å². The Morgan fingerprint density at radius 1 is 1.13 bits per heavy atom. The van der Waals surface area contributed by atoms with Crippen LogP contribution in [0.3, 0.4) is 0 Å². The maximum atomic E-state index is 13.7. The standard InChI is InChI=1S/C32H40N8O4S/c1-8-27-23(18-34-40(27)29-11-9-10-14-33-29)26-19-39(38-36-26)28-15-21(13-12-20(28)2)31(41)35-24-16-22(32(3,4)5)17-25(30(24)44-6)37-45(7,42)43/h9-17,19,34,36-38H,8,18H2,1-7H3,(H,35,41)/p+1. The van der Waals surface area contributed by atoms with Crippen LogP contribution in [0.1, 0.15) is 55.6 Å². The van der Waals surface area contributed by atoms with E-state index in [4.69, 9.17) is 4.74 Å². The fraction of sp³-hybridized carbons (Fsp3) is 0.312. The number of nitrogens with one attached hydrogen (secondary N) is 4. The molecule has 2 aromatic carbocycles. The van der Waals surface area contributed by atoms with Gasteiger partial charge in [0.1, 0.15) is 11.5 Å². The van der Waals surface area contributed by atoms with Gasteiger partial charge in [0.2, 0.25) is 10.0 Å². The van der Waals surface area contributed by atoms with Crippen molar-refractivity contribution in [2.24, 2.45) is 0 Å². The summed E-state index contributed by atoms with van der Waals surface area (Å²) in [7, 11) is -2.16. The normalized spacial score (nSPS) is 15.2. The Kier molecular flexibility index (Phi) is 8.79. The first-order chi connectivity index (χ1) is 21.3. The maximum absolute atomic E-state index is 13.7. The number of anilines is 4. The largest absolute Gasteiger partial charge is 0.492 e. The van der Waals surface area contributed by atoms with Crippen molar-refractivity contribution in [1.82, 2.24) is 15.8 Å². The summed E-state index contributed by atoms with van der Waals surface area (Å²) in [4.78, 5) is 18.1. The van der Waals surface area contributed by atoms with E-state index < -0.39 is 10.0 Å². The molecule has 0 radical (unpaired) electrons. The van der Waals surface area contributed by atoms with Crippen molar-refractivity contribution >= 4 is 38.8 Å². The highest BCUT2D eigenvalue weighted by Gasteiger charge is 2.30. The third-order valence-electron chi connectivity index (χ3n) is 7.65. The Morgan fingerprint density at radius 2 is 1.89 bits per heavy atom. The predicted molar refractivity (Wildman–Crippen MR) is 177 cm³/mol. The van der Waals surface area contributed by atoms with E-state index in [-0.39, 0.29) is 22.8 Å². The summed E-state index contributed by atoms with van der Waals surface area (Å²) >= 11 is 0. The molecule has 0 atom stereocenters. The van der Waals surface area contributed by atoms with Crippen molar-refractivity contribution in [2.75, 3.05) is 40.0 Å². The number of allylic oxidation sites excluding steroid dienone is 1. The number of nitrogens with zero attached hydrogens (tertiary/aromatic N) is 3. The van der Waals surface area contributed by atoms with E-state index in [9.17, 15) is 13.2 Å². The average Bonchev–Trinajstić information content (AvgIpc) is 3.64. The number of benzene rings is 2. The number of methoxy groups -OCH3 is 1. The quantitative estimate of drug-likeness (QED) is 0.223. The molecule has 0 spiro atoms. The number of pyridine rings is 1. The first kappa shape index (κ1) is 31.8. The summed E-state index contributed by atoms with van der Waals surface area (Å²) in [6.45, 7) is 10.8. The monoisotopic (exact) mass is 633 g/mol. The number of hydrogen-bond acceptors (Lipinski definition) is 9. The molecule has 0 unspecified atom stereocenters. The van der Waals surface area contributed by atoms with Crippen LogP contribution >= 0.6 is 0 Å². The molecule has 3 heterocycles. The summed E-state index contributed by atoms with van der Waals surface area (Å²) in [5.41, 5.74) is 15.3. The van der Waals surface area contributed by atoms with Crippen LogP contribution in [0.25, 0.3) is 0 Å². The van der Waals surface area contributed by atoms with Crippen LogP contribution < -0.4 is 41.2 Å². The lowest BCUT2D eigenvalue weighted by molar-refractivity contribution is -0.700. The molecular formula is C32H41N8O4S+. The van der Waals surface area contributed by atoms with Crippen molar-refractivity contribution in [1.29, 1.82) is 0 Å². The van der Waals surface area contributed by atoms with Crippen LogP contribution in [0.15, 0.2) is 77.9 Å². The van der Waals surface area contributed by atoms with Gasteiger partial charge in [-0.05, 0) is 66.3 Å². The van der Waals surface area contributed by atoms with Crippen molar-refractivity contribution in [3.05, 3.63) is 94.6 Å². The highest BCUT2D eigenvalue weighted by Crippen LogP contribution is 2.39. The van der Waals surface area contributed by atoms with E-state index in [2.05, 4.69) is 32.8 Å². The summed E-state index contributed by atoms with van der Waals surface area (Å²) in [5.74, 6) is 0.704. The number of rotatable bonds is 9. The number of hydrazine groups is 1.